The first-order valence-corrected chi connectivity index (χ1v) is 6.52. The molecule has 94 valence electrons. The summed E-state index contributed by atoms with van der Waals surface area (Å²) in [5.41, 5.74) is 6.29. The highest BCUT2D eigenvalue weighted by molar-refractivity contribution is 9.10. The predicted octanol–water partition coefficient (Wildman–Crippen LogP) is 2.48. The van der Waals surface area contributed by atoms with Crippen molar-refractivity contribution in [3.8, 4) is 5.75 Å². The van der Waals surface area contributed by atoms with Gasteiger partial charge in [-0.3, -0.25) is 0 Å². The van der Waals surface area contributed by atoms with Crippen molar-refractivity contribution in [3.05, 3.63) is 28.2 Å². The lowest BCUT2D eigenvalue weighted by molar-refractivity contribution is 0.0700. The smallest absolute Gasteiger partial charge is 0.129 e. The summed E-state index contributed by atoms with van der Waals surface area (Å²) in [5.74, 6) is 0.749. The molecule has 0 aliphatic carbocycles. The molecule has 1 unspecified atom stereocenters. The Morgan fingerprint density at radius 1 is 1.53 bits per heavy atom. The summed E-state index contributed by atoms with van der Waals surface area (Å²) in [6, 6.07) is 5.43. The van der Waals surface area contributed by atoms with Crippen LogP contribution in [0.5, 0.6) is 5.75 Å². The van der Waals surface area contributed by atoms with E-state index in [0.29, 0.717) is 11.3 Å². The molecular weight excluding hydrogens is 302 g/mol. The van der Waals surface area contributed by atoms with Crippen LogP contribution in [0.25, 0.3) is 0 Å². The summed E-state index contributed by atoms with van der Waals surface area (Å²) in [6.07, 6.45) is -0.502. The minimum Gasteiger partial charge on any atom is -0.490 e. The van der Waals surface area contributed by atoms with Crippen LogP contribution in [0.4, 0.5) is 0 Å². The van der Waals surface area contributed by atoms with Crippen LogP contribution in [-0.4, -0.2) is 22.8 Å². The monoisotopic (exact) mass is 317 g/mol. The standard InChI is InChI=1S/C12H16BrNO2S/c1-7(2)10(15)6-16-11-4-3-8(13)5-9(11)12(14)17/h3-5,7,10,15H,6H2,1-2H3,(H2,14,17). The molecule has 17 heavy (non-hydrogen) atoms. The zero-order valence-corrected chi connectivity index (χ0v) is 12.2. The summed E-state index contributed by atoms with van der Waals surface area (Å²) in [4.78, 5) is 0.278. The van der Waals surface area contributed by atoms with Crippen molar-refractivity contribution in [1.82, 2.24) is 0 Å². The molecule has 0 saturated carbocycles. The van der Waals surface area contributed by atoms with Crippen LogP contribution >= 0.6 is 28.1 Å². The van der Waals surface area contributed by atoms with Gasteiger partial charge in [0.05, 0.1) is 11.7 Å². The number of aliphatic hydroxyl groups is 1. The van der Waals surface area contributed by atoms with Gasteiger partial charge in [0.25, 0.3) is 0 Å². The molecule has 1 aromatic rings. The van der Waals surface area contributed by atoms with Gasteiger partial charge in [0.1, 0.15) is 17.3 Å². The molecule has 3 nitrogen and oxygen atoms in total. The van der Waals surface area contributed by atoms with Gasteiger partial charge in [-0.05, 0) is 24.1 Å². The van der Waals surface area contributed by atoms with Gasteiger partial charge < -0.3 is 15.6 Å². The van der Waals surface area contributed by atoms with E-state index in [4.69, 9.17) is 22.7 Å². The molecular formula is C12H16BrNO2S. The van der Waals surface area contributed by atoms with Crippen molar-refractivity contribution < 1.29 is 9.84 Å². The number of benzene rings is 1. The lowest BCUT2D eigenvalue weighted by Gasteiger charge is -2.17. The van der Waals surface area contributed by atoms with Crippen LogP contribution in [0.15, 0.2) is 22.7 Å². The van der Waals surface area contributed by atoms with E-state index in [2.05, 4.69) is 15.9 Å². The Hall–Kier alpha value is -0.650. The first kappa shape index (κ1) is 14.4. The van der Waals surface area contributed by atoms with Crippen LogP contribution in [0.2, 0.25) is 0 Å². The Labute approximate surface area is 115 Å². The molecule has 0 radical (unpaired) electrons. The normalized spacial score (nSPS) is 12.5. The first-order valence-electron chi connectivity index (χ1n) is 5.32. The average molecular weight is 318 g/mol. The summed E-state index contributed by atoms with van der Waals surface area (Å²) in [6.45, 7) is 4.10. The van der Waals surface area contributed by atoms with E-state index < -0.39 is 6.10 Å². The van der Waals surface area contributed by atoms with Gasteiger partial charge in [0.2, 0.25) is 0 Å². The molecule has 0 aliphatic heterocycles. The van der Waals surface area contributed by atoms with Crippen molar-refractivity contribution in [2.75, 3.05) is 6.61 Å². The SMILES string of the molecule is CC(C)C(O)COc1ccc(Br)cc1C(N)=S. The second kappa shape index (κ2) is 6.33. The van der Waals surface area contributed by atoms with Crippen LogP contribution in [0, 0.1) is 5.92 Å². The van der Waals surface area contributed by atoms with Crippen LogP contribution in [-0.2, 0) is 0 Å². The van der Waals surface area contributed by atoms with Gasteiger partial charge >= 0.3 is 0 Å². The summed E-state index contributed by atoms with van der Waals surface area (Å²) < 4.78 is 6.42. The maximum absolute atomic E-state index is 9.67. The summed E-state index contributed by atoms with van der Waals surface area (Å²) in [5, 5.41) is 9.67. The highest BCUT2D eigenvalue weighted by atomic mass is 79.9. The third kappa shape index (κ3) is 4.26. The summed E-state index contributed by atoms with van der Waals surface area (Å²) >= 11 is 8.30. The van der Waals surface area contributed by atoms with E-state index in [0.717, 1.165) is 4.47 Å². The van der Waals surface area contributed by atoms with Gasteiger partial charge in [0, 0.05) is 4.47 Å². The highest BCUT2D eigenvalue weighted by Crippen LogP contribution is 2.23. The van der Waals surface area contributed by atoms with E-state index in [9.17, 15) is 5.11 Å². The molecule has 5 heteroatoms. The number of nitrogens with two attached hydrogens (primary N) is 1. The molecule has 3 N–H and O–H groups in total. The molecule has 1 aromatic carbocycles. The Morgan fingerprint density at radius 2 is 2.18 bits per heavy atom. The van der Waals surface area contributed by atoms with E-state index in [-0.39, 0.29) is 17.5 Å². The molecule has 0 spiro atoms. The lowest BCUT2D eigenvalue weighted by atomic mass is 10.1. The lowest BCUT2D eigenvalue weighted by Crippen LogP contribution is -2.24. The zero-order chi connectivity index (χ0) is 13.0. The fraction of sp³-hybridized carbons (Fsp3) is 0.417. The van der Waals surface area contributed by atoms with Gasteiger partial charge in [-0.25, -0.2) is 0 Å². The second-order valence-corrected chi connectivity index (χ2v) is 5.48. The fourth-order valence-electron chi connectivity index (χ4n) is 1.19. The average Bonchev–Trinajstić information content (AvgIpc) is 2.26. The quantitative estimate of drug-likeness (QED) is 0.819. The van der Waals surface area contributed by atoms with Crippen molar-refractivity contribution >= 4 is 33.1 Å². The van der Waals surface area contributed by atoms with Gasteiger partial charge in [-0.1, -0.05) is 42.0 Å². The van der Waals surface area contributed by atoms with E-state index >= 15 is 0 Å². The molecule has 1 atom stereocenters. The largest absolute Gasteiger partial charge is 0.490 e. The molecule has 0 aromatic heterocycles. The van der Waals surface area contributed by atoms with Crippen LogP contribution in [0.3, 0.4) is 0 Å². The first-order chi connectivity index (χ1) is 7.91. The zero-order valence-electron chi connectivity index (χ0n) is 9.81. The van der Waals surface area contributed by atoms with Gasteiger partial charge in [-0.15, -0.1) is 0 Å². The third-order valence-corrected chi connectivity index (χ3v) is 3.10. The number of hydrogen-bond donors (Lipinski definition) is 2. The molecule has 0 saturated heterocycles. The Balaban J connectivity index is 2.80. The molecule has 0 amide bonds. The van der Waals surface area contributed by atoms with Crippen LogP contribution in [0.1, 0.15) is 19.4 Å². The predicted molar refractivity (Wildman–Crippen MR) is 76.4 cm³/mol. The van der Waals surface area contributed by atoms with Gasteiger partial charge in [-0.2, -0.15) is 0 Å². The molecule has 0 fully saturated rings. The third-order valence-electron chi connectivity index (χ3n) is 2.39. The Bertz CT molecular complexity index is 409. The molecule has 0 aliphatic rings. The molecule has 0 bridgehead atoms. The second-order valence-electron chi connectivity index (χ2n) is 4.13. The topological polar surface area (TPSA) is 55.5 Å². The van der Waals surface area contributed by atoms with Crippen molar-refractivity contribution in [2.45, 2.75) is 20.0 Å². The van der Waals surface area contributed by atoms with Crippen molar-refractivity contribution in [3.63, 3.8) is 0 Å². The van der Waals surface area contributed by atoms with E-state index in [1.165, 1.54) is 0 Å². The number of ether oxygens (including phenoxy) is 1. The molecule has 0 heterocycles. The number of thiocarbonyl (C=S) groups is 1. The Morgan fingerprint density at radius 3 is 2.71 bits per heavy atom. The van der Waals surface area contributed by atoms with Gasteiger partial charge in [0.15, 0.2) is 0 Å². The van der Waals surface area contributed by atoms with Crippen molar-refractivity contribution in [2.24, 2.45) is 11.7 Å². The maximum atomic E-state index is 9.67. The molecule has 1 rings (SSSR count). The van der Waals surface area contributed by atoms with Crippen molar-refractivity contribution in [1.29, 1.82) is 0 Å². The minimum atomic E-state index is -0.502. The number of hydrogen-bond acceptors (Lipinski definition) is 3. The van der Waals surface area contributed by atoms with E-state index in [1.807, 2.05) is 19.9 Å². The highest BCUT2D eigenvalue weighted by Gasteiger charge is 2.12. The minimum absolute atomic E-state index is 0.152. The van der Waals surface area contributed by atoms with Crippen LogP contribution < -0.4 is 10.5 Å². The maximum Gasteiger partial charge on any atom is 0.129 e. The number of rotatable bonds is 5. The van der Waals surface area contributed by atoms with E-state index in [1.54, 1.807) is 12.1 Å². The summed E-state index contributed by atoms with van der Waals surface area (Å²) in [7, 11) is 0. The fourth-order valence-corrected chi connectivity index (χ4v) is 1.71. The Kier molecular flexibility index (Phi) is 5.36. The number of aliphatic hydroxyl groups excluding tert-OH is 1. The number of halogens is 1.